The molecule has 100 valence electrons. The Morgan fingerprint density at radius 3 is 2.50 bits per heavy atom. The van der Waals surface area contributed by atoms with Crippen LogP contribution in [0, 0.1) is 0 Å². The zero-order valence-corrected chi connectivity index (χ0v) is 10.9. The van der Waals surface area contributed by atoms with Crippen LogP contribution < -0.4 is 15.4 Å². The van der Waals surface area contributed by atoms with E-state index < -0.39 is 12.0 Å². The largest absolute Gasteiger partial charge is 0.467 e. The first-order valence-electron chi connectivity index (χ1n) is 5.49. The predicted octanol–water partition coefficient (Wildman–Crippen LogP) is 0.285. The molecule has 0 radical (unpaired) electrons. The number of ether oxygens (including phenoxy) is 2. The Morgan fingerprint density at radius 1 is 1.28 bits per heavy atom. The van der Waals surface area contributed by atoms with Gasteiger partial charge in [-0.15, -0.1) is 0 Å². The van der Waals surface area contributed by atoms with Crippen molar-refractivity contribution in [1.29, 1.82) is 0 Å². The summed E-state index contributed by atoms with van der Waals surface area (Å²) in [7, 11) is 2.77. The summed E-state index contributed by atoms with van der Waals surface area (Å²) >= 11 is 0. The molecule has 1 heterocycles. The molecule has 18 heavy (non-hydrogen) atoms. The molecule has 2 N–H and O–H groups in total. The van der Waals surface area contributed by atoms with Gasteiger partial charge in [0, 0.05) is 6.54 Å². The molecule has 0 spiro atoms. The van der Waals surface area contributed by atoms with Gasteiger partial charge in [0.15, 0.2) is 0 Å². The number of carbonyl (C=O) groups excluding carboxylic acids is 1. The maximum atomic E-state index is 11.3. The van der Waals surface area contributed by atoms with Gasteiger partial charge >= 0.3 is 12.0 Å². The van der Waals surface area contributed by atoms with Gasteiger partial charge in [-0.1, -0.05) is 0 Å². The van der Waals surface area contributed by atoms with E-state index in [0.29, 0.717) is 12.5 Å². The molecule has 0 saturated carbocycles. The fourth-order valence-electron chi connectivity index (χ4n) is 1.18. The molecule has 0 fully saturated rings. The number of anilines is 2. The van der Waals surface area contributed by atoms with Crippen molar-refractivity contribution in [2.45, 2.75) is 19.9 Å². The van der Waals surface area contributed by atoms with E-state index in [1.807, 2.05) is 6.92 Å². The van der Waals surface area contributed by atoms with Gasteiger partial charge in [-0.3, -0.25) is 0 Å². The van der Waals surface area contributed by atoms with E-state index in [1.165, 1.54) is 14.2 Å². The second kappa shape index (κ2) is 6.58. The zero-order valence-electron chi connectivity index (χ0n) is 10.9. The number of esters is 1. The molecule has 0 aliphatic heterocycles. The second-order valence-electron chi connectivity index (χ2n) is 3.39. The molecule has 0 bridgehead atoms. The molecule has 1 atom stereocenters. The quantitative estimate of drug-likeness (QED) is 0.700. The minimum Gasteiger partial charge on any atom is -0.467 e. The van der Waals surface area contributed by atoms with Crippen molar-refractivity contribution >= 4 is 17.9 Å². The smallest absolute Gasteiger partial charge is 0.328 e. The summed E-state index contributed by atoms with van der Waals surface area (Å²) < 4.78 is 9.55. The topological polar surface area (TPSA) is 98.3 Å². The van der Waals surface area contributed by atoms with Gasteiger partial charge in [0.25, 0.3) is 0 Å². The van der Waals surface area contributed by atoms with Gasteiger partial charge in [-0.05, 0) is 13.8 Å². The van der Waals surface area contributed by atoms with E-state index in [-0.39, 0.29) is 12.0 Å². The van der Waals surface area contributed by atoms with Crippen LogP contribution in [0.5, 0.6) is 6.01 Å². The molecule has 1 aromatic rings. The molecule has 8 heteroatoms. The van der Waals surface area contributed by atoms with Crippen LogP contribution in [0.4, 0.5) is 11.9 Å². The van der Waals surface area contributed by atoms with Crippen molar-refractivity contribution in [3.8, 4) is 6.01 Å². The third-order valence-electron chi connectivity index (χ3n) is 2.03. The third kappa shape index (κ3) is 3.72. The highest BCUT2D eigenvalue weighted by Gasteiger charge is 2.15. The highest BCUT2D eigenvalue weighted by atomic mass is 16.5. The summed E-state index contributed by atoms with van der Waals surface area (Å²) in [6.07, 6.45) is 0. The van der Waals surface area contributed by atoms with Crippen molar-refractivity contribution in [1.82, 2.24) is 15.0 Å². The fraction of sp³-hybridized carbons (Fsp3) is 0.600. The van der Waals surface area contributed by atoms with Crippen LogP contribution in [0.15, 0.2) is 0 Å². The minimum absolute atomic E-state index is 0.167. The first-order chi connectivity index (χ1) is 8.60. The van der Waals surface area contributed by atoms with Gasteiger partial charge in [0.1, 0.15) is 6.04 Å². The monoisotopic (exact) mass is 255 g/mol. The summed E-state index contributed by atoms with van der Waals surface area (Å²) in [5.41, 5.74) is 0. The number of aromatic nitrogens is 3. The molecular weight excluding hydrogens is 238 g/mol. The normalized spacial score (nSPS) is 11.6. The van der Waals surface area contributed by atoms with Crippen molar-refractivity contribution in [3.63, 3.8) is 0 Å². The van der Waals surface area contributed by atoms with Crippen LogP contribution in [-0.4, -0.2) is 47.7 Å². The molecule has 0 saturated heterocycles. The number of nitrogens with zero attached hydrogens (tertiary/aromatic N) is 3. The van der Waals surface area contributed by atoms with E-state index in [9.17, 15) is 4.79 Å². The number of hydrogen-bond donors (Lipinski definition) is 2. The second-order valence-corrected chi connectivity index (χ2v) is 3.39. The van der Waals surface area contributed by atoms with Crippen LogP contribution in [0.3, 0.4) is 0 Å². The number of carbonyl (C=O) groups is 1. The minimum atomic E-state index is -0.559. The lowest BCUT2D eigenvalue weighted by Gasteiger charge is -2.12. The predicted molar refractivity (Wildman–Crippen MR) is 65.6 cm³/mol. The average Bonchev–Trinajstić information content (AvgIpc) is 2.37. The van der Waals surface area contributed by atoms with Gasteiger partial charge in [0.05, 0.1) is 14.2 Å². The average molecular weight is 255 g/mol. The van der Waals surface area contributed by atoms with Gasteiger partial charge in [-0.25, -0.2) is 4.79 Å². The Bertz CT molecular complexity index is 412. The van der Waals surface area contributed by atoms with E-state index in [1.54, 1.807) is 6.92 Å². The van der Waals surface area contributed by atoms with Crippen LogP contribution in [0.25, 0.3) is 0 Å². The van der Waals surface area contributed by atoms with Crippen LogP contribution >= 0.6 is 0 Å². The number of hydrogen-bond acceptors (Lipinski definition) is 8. The highest BCUT2D eigenvalue weighted by molar-refractivity contribution is 5.77. The first-order valence-corrected chi connectivity index (χ1v) is 5.49. The summed E-state index contributed by atoms with van der Waals surface area (Å²) in [5, 5.41) is 5.75. The molecule has 1 unspecified atom stereocenters. The van der Waals surface area contributed by atoms with Crippen molar-refractivity contribution in [3.05, 3.63) is 0 Å². The molecule has 0 aliphatic carbocycles. The molecule has 0 aromatic carbocycles. The van der Waals surface area contributed by atoms with Gasteiger partial charge in [-0.2, -0.15) is 15.0 Å². The lowest BCUT2D eigenvalue weighted by Crippen LogP contribution is -2.28. The Hall–Kier alpha value is -2.12. The maximum absolute atomic E-state index is 11.3. The summed E-state index contributed by atoms with van der Waals surface area (Å²) in [5.74, 6) is 0.221. The van der Waals surface area contributed by atoms with Gasteiger partial charge < -0.3 is 20.1 Å². The maximum Gasteiger partial charge on any atom is 0.328 e. The van der Waals surface area contributed by atoms with Crippen LogP contribution in [-0.2, 0) is 9.53 Å². The van der Waals surface area contributed by atoms with Crippen LogP contribution in [0.1, 0.15) is 13.8 Å². The highest BCUT2D eigenvalue weighted by Crippen LogP contribution is 2.11. The molecule has 0 aliphatic rings. The standard InChI is InChI=1S/C10H17N5O3/c1-5-11-8-13-9(15-10(14-8)18-4)12-6(2)7(16)17-3/h6H,5H2,1-4H3,(H2,11,12,13,14,15). The zero-order chi connectivity index (χ0) is 13.5. The van der Waals surface area contributed by atoms with Crippen molar-refractivity contribution < 1.29 is 14.3 Å². The lowest BCUT2D eigenvalue weighted by molar-refractivity contribution is -0.141. The molecule has 1 aromatic heterocycles. The van der Waals surface area contributed by atoms with E-state index in [4.69, 9.17) is 4.74 Å². The molecule has 1 rings (SSSR count). The first kappa shape index (κ1) is 13.9. The fourth-order valence-corrected chi connectivity index (χ4v) is 1.18. The Kier molecular flexibility index (Phi) is 5.09. The SMILES string of the molecule is CCNc1nc(NC(C)C(=O)OC)nc(OC)n1. The van der Waals surface area contributed by atoms with E-state index >= 15 is 0 Å². The number of nitrogens with one attached hydrogen (secondary N) is 2. The van der Waals surface area contributed by atoms with Crippen molar-refractivity contribution in [2.75, 3.05) is 31.4 Å². The number of methoxy groups -OCH3 is 2. The third-order valence-corrected chi connectivity index (χ3v) is 2.03. The lowest BCUT2D eigenvalue weighted by atomic mass is 10.3. The summed E-state index contributed by atoms with van der Waals surface area (Å²) in [6.45, 7) is 4.23. The van der Waals surface area contributed by atoms with Gasteiger partial charge in [0.2, 0.25) is 11.9 Å². The number of rotatable bonds is 6. The van der Waals surface area contributed by atoms with E-state index in [0.717, 1.165) is 0 Å². The Balaban J connectivity index is 2.86. The Labute approximate surface area is 105 Å². The molecular formula is C10H17N5O3. The van der Waals surface area contributed by atoms with Crippen molar-refractivity contribution in [2.24, 2.45) is 0 Å². The summed E-state index contributed by atoms with van der Waals surface area (Å²) in [4.78, 5) is 23.4. The Morgan fingerprint density at radius 2 is 1.94 bits per heavy atom. The summed E-state index contributed by atoms with van der Waals surface area (Å²) in [6, 6.07) is -0.392. The molecule has 0 amide bonds. The van der Waals surface area contributed by atoms with E-state index in [2.05, 4.69) is 30.3 Å². The molecule has 8 nitrogen and oxygen atoms in total. The van der Waals surface area contributed by atoms with Crippen LogP contribution in [0.2, 0.25) is 0 Å².